The lowest BCUT2D eigenvalue weighted by molar-refractivity contribution is -0.143. The summed E-state index contributed by atoms with van der Waals surface area (Å²) in [5, 5.41) is 48.9. The number of carboxylic acids is 1. The van der Waals surface area contributed by atoms with Crippen LogP contribution in [0.1, 0.15) is 72.3 Å². The highest BCUT2D eigenvalue weighted by Gasteiger charge is 2.35. The highest BCUT2D eigenvalue weighted by molar-refractivity contribution is 7.98. The van der Waals surface area contributed by atoms with Crippen LogP contribution >= 0.6 is 11.8 Å². The molecule has 0 heterocycles. The van der Waals surface area contributed by atoms with Gasteiger partial charge < -0.3 is 75.1 Å². The maximum atomic E-state index is 13.8. The van der Waals surface area contributed by atoms with Gasteiger partial charge in [0.15, 0.2) is 0 Å². The monoisotopic (exact) mass is 967 g/mol. The van der Waals surface area contributed by atoms with E-state index < -0.39 is 139 Å². The van der Waals surface area contributed by atoms with E-state index in [1.165, 1.54) is 32.5 Å². The highest BCUT2D eigenvalue weighted by Crippen LogP contribution is 2.09. The van der Waals surface area contributed by atoms with Gasteiger partial charge in [-0.1, -0.05) is 50.6 Å². The van der Waals surface area contributed by atoms with Crippen molar-refractivity contribution in [3.05, 3.63) is 35.9 Å². The molecule has 0 saturated carbocycles. The Morgan fingerprint density at radius 1 is 0.612 bits per heavy atom. The molecule has 1 aromatic rings. The molecule has 0 aromatic heterocycles. The van der Waals surface area contributed by atoms with Crippen molar-refractivity contribution in [2.75, 3.05) is 25.2 Å². The zero-order chi connectivity index (χ0) is 51.0. The van der Waals surface area contributed by atoms with Crippen LogP contribution in [-0.2, 0) is 54.4 Å². The molecule has 0 spiro atoms. The lowest BCUT2D eigenvalue weighted by atomic mass is 10.0. The van der Waals surface area contributed by atoms with Crippen LogP contribution in [0.2, 0.25) is 0 Å². The molecule has 0 fully saturated rings. The molecule has 9 amide bonds. The first-order valence-corrected chi connectivity index (χ1v) is 23.1. The normalized spacial score (nSPS) is 15.6. The molecule has 24 nitrogen and oxygen atoms in total. The predicted molar refractivity (Wildman–Crippen MR) is 246 cm³/mol. The maximum absolute atomic E-state index is 13.8. The maximum Gasteiger partial charge on any atom is 0.326 e. The number of hydrogen-bond donors (Lipinski definition) is 14. The molecule has 376 valence electrons. The first kappa shape index (κ1) is 59.1. The third kappa shape index (κ3) is 21.5. The molecule has 0 aliphatic heterocycles. The second-order valence-electron chi connectivity index (χ2n) is 16.2. The minimum absolute atomic E-state index is 0.0588. The van der Waals surface area contributed by atoms with Gasteiger partial charge in [-0.2, -0.15) is 11.8 Å². The van der Waals surface area contributed by atoms with Gasteiger partial charge in [0, 0.05) is 6.42 Å². The Bertz CT molecular complexity index is 1840. The minimum Gasteiger partial charge on any atom is -0.480 e. The average Bonchev–Trinajstić information content (AvgIpc) is 3.26. The number of benzene rings is 1. The number of aliphatic carboxylic acids is 1. The summed E-state index contributed by atoms with van der Waals surface area (Å²) in [7, 11) is 0. The number of hydrogen-bond acceptors (Lipinski definition) is 15. The topological polar surface area (TPSA) is 406 Å². The van der Waals surface area contributed by atoms with Gasteiger partial charge in [-0.25, -0.2) is 4.79 Å². The summed E-state index contributed by atoms with van der Waals surface area (Å²) < 4.78 is 0. The zero-order valence-electron chi connectivity index (χ0n) is 38.7. The minimum atomic E-state index is -1.79. The fraction of sp³-hybridized carbons (Fsp3) is 0.619. The summed E-state index contributed by atoms with van der Waals surface area (Å²) in [6, 6.07) is -4.49. The first-order valence-electron chi connectivity index (χ1n) is 21.7. The van der Waals surface area contributed by atoms with Crippen molar-refractivity contribution in [3.8, 4) is 0 Å². The molecule has 0 bridgehead atoms. The number of thioether (sulfide) groups is 1. The molecule has 0 radical (unpaired) electrons. The van der Waals surface area contributed by atoms with E-state index in [2.05, 4.69) is 42.5 Å². The van der Waals surface area contributed by atoms with E-state index in [4.69, 9.17) is 17.2 Å². The highest BCUT2D eigenvalue weighted by atomic mass is 32.2. The van der Waals surface area contributed by atoms with E-state index in [0.29, 0.717) is 37.1 Å². The summed E-state index contributed by atoms with van der Waals surface area (Å²) in [6.45, 7) is 6.36. The van der Waals surface area contributed by atoms with Crippen LogP contribution < -0.4 is 59.7 Å². The largest absolute Gasteiger partial charge is 0.480 e. The average molecular weight is 968 g/mol. The number of nitrogens with two attached hydrogens (primary N) is 3. The SMILES string of the molecule is CSCC[C@H](NC(=O)[C@@H](NC(=O)[C@H](C)NC(=O)[C@H](Cc1ccccc1)NC(=O)[C@H](CC(N)=O)NC(=O)[C@H](CO)NC(=O)[C@@H](NC(=O)[C@H](C)NC(=O)[C@@H](N)CCCCN)C(C)C)[C@@H](C)O)C(=O)O. The summed E-state index contributed by atoms with van der Waals surface area (Å²) in [4.78, 5) is 130. The van der Waals surface area contributed by atoms with Crippen LogP contribution in [0.25, 0.3) is 0 Å². The quantitative estimate of drug-likeness (QED) is 0.0311. The van der Waals surface area contributed by atoms with Crippen molar-refractivity contribution in [1.29, 1.82) is 0 Å². The van der Waals surface area contributed by atoms with Crippen molar-refractivity contribution in [3.63, 3.8) is 0 Å². The number of primary amides is 1. The van der Waals surface area contributed by atoms with Crippen molar-refractivity contribution >= 4 is 70.9 Å². The Kier molecular flexibility index (Phi) is 26.8. The van der Waals surface area contributed by atoms with Gasteiger partial charge in [0.2, 0.25) is 53.2 Å². The number of nitrogens with one attached hydrogen (secondary N) is 8. The zero-order valence-corrected chi connectivity index (χ0v) is 39.5. The fourth-order valence-corrected chi connectivity index (χ4v) is 6.60. The van der Waals surface area contributed by atoms with Crippen LogP contribution in [0, 0.1) is 5.92 Å². The molecule has 0 aliphatic carbocycles. The number of rotatable bonds is 31. The summed E-state index contributed by atoms with van der Waals surface area (Å²) in [6.07, 6.45) is 0.866. The van der Waals surface area contributed by atoms with Crippen LogP contribution in [0.5, 0.6) is 0 Å². The molecule has 0 saturated heterocycles. The van der Waals surface area contributed by atoms with E-state index >= 15 is 0 Å². The Morgan fingerprint density at radius 2 is 1.10 bits per heavy atom. The number of carbonyl (C=O) groups is 10. The molecule has 1 rings (SSSR count). The summed E-state index contributed by atoms with van der Waals surface area (Å²) >= 11 is 1.35. The second kappa shape index (κ2) is 30.4. The molecule has 25 heteroatoms. The Labute approximate surface area is 393 Å². The Hall–Kier alpha value is -5.89. The van der Waals surface area contributed by atoms with E-state index in [1.54, 1.807) is 50.4 Å². The van der Waals surface area contributed by atoms with Crippen LogP contribution in [0.15, 0.2) is 30.3 Å². The molecule has 10 atom stereocenters. The standard InChI is InChI=1S/C42H69N11O13S/c1-21(2)32(52-34(57)22(3)46-36(59)26(44)14-10-11-16-43)40(63)51-30(20-54)39(62)50-29(19-31(45)56)38(61)49-28(18-25-12-8-7-9-13-25)37(60)47-23(4)35(58)53-33(24(5)55)41(64)48-27(42(65)66)15-17-67-6/h7-9,12-13,21-24,26-30,32-33,54-55H,10-11,14-20,43-44H2,1-6H3,(H2,45,56)(H,46,59)(H,47,60)(H,48,64)(H,49,61)(H,50,62)(H,51,63)(H,52,57)(H,53,58)(H,65,66)/t22-,23-,24+,26-,27-,28-,29-,30-,32-,33-/m0/s1. The van der Waals surface area contributed by atoms with Gasteiger partial charge in [-0.05, 0) is 70.1 Å². The molecule has 67 heavy (non-hydrogen) atoms. The van der Waals surface area contributed by atoms with Crippen molar-refractivity contribution in [1.82, 2.24) is 42.5 Å². The molecule has 0 aliphatic rings. The molecular weight excluding hydrogens is 899 g/mol. The van der Waals surface area contributed by atoms with Crippen molar-refractivity contribution in [2.24, 2.45) is 23.1 Å². The Balaban J connectivity index is 3.22. The number of aliphatic hydroxyl groups excluding tert-OH is 2. The lowest BCUT2D eigenvalue weighted by Gasteiger charge is -2.28. The van der Waals surface area contributed by atoms with Gasteiger partial charge in [0.1, 0.15) is 48.3 Å². The van der Waals surface area contributed by atoms with Gasteiger partial charge in [-0.15, -0.1) is 0 Å². The second-order valence-corrected chi connectivity index (χ2v) is 17.2. The molecule has 17 N–H and O–H groups in total. The summed E-state index contributed by atoms with van der Waals surface area (Å²) in [5.41, 5.74) is 17.3. The number of carbonyl (C=O) groups excluding carboxylic acids is 9. The van der Waals surface area contributed by atoms with Gasteiger partial charge >= 0.3 is 5.97 Å². The van der Waals surface area contributed by atoms with Crippen molar-refractivity contribution in [2.45, 2.75) is 134 Å². The first-order chi connectivity index (χ1) is 31.5. The molecular formula is C42H69N11O13S. The van der Waals surface area contributed by atoms with Gasteiger partial charge in [0.05, 0.1) is 25.2 Å². The van der Waals surface area contributed by atoms with Crippen LogP contribution in [0.4, 0.5) is 0 Å². The van der Waals surface area contributed by atoms with Crippen LogP contribution in [0.3, 0.4) is 0 Å². The van der Waals surface area contributed by atoms with Crippen LogP contribution in [-0.4, -0.2) is 160 Å². The van der Waals surface area contributed by atoms with Gasteiger partial charge in [0.25, 0.3) is 0 Å². The number of aliphatic hydroxyl groups is 2. The Morgan fingerprint density at radius 3 is 1.61 bits per heavy atom. The van der Waals surface area contributed by atoms with Gasteiger partial charge in [-0.3, -0.25) is 43.2 Å². The lowest BCUT2D eigenvalue weighted by Crippen LogP contribution is -2.62. The number of amides is 9. The van der Waals surface area contributed by atoms with Crippen molar-refractivity contribution < 1.29 is 63.3 Å². The predicted octanol–water partition coefficient (Wildman–Crippen LogP) is -4.65. The molecule has 0 unspecified atom stereocenters. The third-order valence-electron chi connectivity index (χ3n) is 10.1. The van der Waals surface area contributed by atoms with E-state index in [0.717, 1.165) is 0 Å². The fourth-order valence-electron chi connectivity index (χ4n) is 6.13. The summed E-state index contributed by atoms with van der Waals surface area (Å²) in [5.74, 6) is -10.1. The number of carboxylic acid groups (broad SMARTS) is 1. The molecule has 1 aromatic carbocycles. The van der Waals surface area contributed by atoms with E-state index in [-0.39, 0.29) is 12.8 Å². The van der Waals surface area contributed by atoms with E-state index in [1.807, 2.05) is 0 Å². The third-order valence-corrected chi connectivity index (χ3v) is 10.8. The smallest absolute Gasteiger partial charge is 0.326 e. The number of unbranched alkanes of at least 4 members (excludes halogenated alkanes) is 1. The van der Waals surface area contributed by atoms with E-state index in [9.17, 15) is 63.3 Å².